The quantitative estimate of drug-likeness (QED) is 0.913. The van der Waals surface area contributed by atoms with Crippen molar-refractivity contribution in [2.45, 2.75) is 22.7 Å². The molecule has 1 aromatic heterocycles. The molecule has 0 aliphatic heterocycles. The fourth-order valence-corrected chi connectivity index (χ4v) is 3.19. The van der Waals surface area contributed by atoms with Gasteiger partial charge in [-0.1, -0.05) is 42.4 Å². The van der Waals surface area contributed by atoms with Gasteiger partial charge in [-0.05, 0) is 29.7 Å². The molecule has 0 atom stereocenters. The summed E-state index contributed by atoms with van der Waals surface area (Å²) < 4.78 is 4.90. The Kier molecular flexibility index (Phi) is 4.79. The zero-order valence-electron chi connectivity index (χ0n) is 9.31. The molecule has 0 fully saturated rings. The maximum atomic E-state index is 6.23. The molecule has 3 nitrogen and oxygen atoms in total. The van der Waals surface area contributed by atoms with E-state index in [2.05, 4.69) is 27.7 Å². The fourth-order valence-electron chi connectivity index (χ4n) is 1.36. The third-order valence-electron chi connectivity index (χ3n) is 2.14. The van der Waals surface area contributed by atoms with Crippen LogP contribution in [0.25, 0.3) is 0 Å². The van der Waals surface area contributed by atoms with Gasteiger partial charge in [-0.25, -0.2) is 4.98 Å². The number of nitrogens with zero attached hydrogens (tertiary/aromatic N) is 2. The minimum atomic E-state index is 0.764. The number of aromatic nitrogens is 2. The van der Waals surface area contributed by atoms with Crippen LogP contribution in [-0.4, -0.2) is 15.9 Å². The van der Waals surface area contributed by atoms with Crippen LogP contribution in [0.15, 0.2) is 33.8 Å². The number of benzene rings is 1. The zero-order chi connectivity index (χ0) is 12.1. The first-order chi connectivity index (χ1) is 8.31. The Morgan fingerprint density at radius 1 is 1.47 bits per heavy atom. The average Bonchev–Trinajstić information content (AvgIpc) is 2.83. The number of hydrogen-bond donors (Lipinski definition) is 1. The molecule has 0 amide bonds. The number of halogens is 1. The molecule has 0 saturated heterocycles. The number of nitrogens with one attached hydrogen (secondary N) is 1. The average molecular weight is 286 g/mol. The molecule has 6 heteroatoms. The SMILES string of the molecule is CCNCc1cccc(Cl)c1Sc1ncns1. The van der Waals surface area contributed by atoms with Crippen LogP contribution in [0.1, 0.15) is 12.5 Å². The van der Waals surface area contributed by atoms with E-state index in [-0.39, 0.29) is 0 Å². The second-order valence-corrected chi connectivity index (χ2v) is 5.76. The minimum absolute atomic E-state index is 0.764. The van der Waals surface area contributed by atoms with Crippen LogP contribution in [0.4, 0.5) is 0 Å². The highest BCUT2D eigenvalue weighted by Gasteiger charge is 2.10. The topological polar surface area (TPSA) is 37.8 Å². The molecule has 0 aliphatic carbocycles. The Morgan fingerprint density at radius 3 is 3.06 bits per heavy atom. The highest BCUT2D eigenvalue weighted by molar-refractivity contribution is 8.01. The van der Waals surface area contributed by atoms with Crippen LogP contribution in [0.2, 0.25) is 5.02 Å². The van der Waals surface area contributed by atoms with Crippen molar-refractivity contribution in [2.75, 3.05) is 6.54 Å². The third-order valence-corrected chi connectivity index (χ3v) is 4.47. The Labute approximate surface area is 114 Å². The van der Waals surface area contributed by atoms with Gasteiger partial charge in [0.1, 0.15) is 6.33 Å². The van der Waals surface area contributed by atoms with Crippen LogP contribution in [0, 0.1) is 0 Å². The molecule has 2 aromatic rings. The maximum Gasteiger partial charge on any atom is 0.174 e. The van der Waals surface area contributed by atoms with E-state index in [1.165, 1.54) is 17.1 Å². The van der Waals surface area contributed by atoms with Gasteiger partial charge >= 0.3 is 0 Å². The molecule has 90 valence electrons. The summed E-state index contributed by atoms with van der Waals surface area (Å²) in [5.41, 5.74) is 1.19. The molecule has 0 saturated carbocycles. The first kappa shape index (κ1) is 12.8. The van der Waals surface area contributed by atoms with Crippen molar-refractivity contribution in [1.29, 1.82) is 0 Å². The van der Waals surface area contributed by atoms with Gasteiger partial charge in [-0.2, -0.15) is 4.37 Å². The van der Waals surface area contributed by atoms with E-state index in [9.17, 15) is 0 Å². The van der Waals surface area contributed by atoms with E-state index in [1.54, 1.807) is 18.1 Å². The van der Waals surface area contributed by atoms with Gasteiger partial charge in [0.05, 0.1) is 5.02 Å². The molecule has 2 rings (SSSR count). The summed E-state index contributed by atoms with van der Waals surface area (Å²) in [6.45, 7) is 3.84. The maximum absolute atomic E-state index is 6.23. The lowest BCUT2D eigenvalue weighted by molar-refractivity contribution is 0.718. The van der Waals surface area contributed by atoms with Gasteiger partial charge in [0.2, 0.25) is 0 Å². The van der Waals surface area contributed by atoms with Crippen molar-refractivity contribution in [3.8, 4) is 0 Å². The van der Waals surface area contributed by atoms with Crippen molar-refractivity contribution in [3.63, 3.8) is 0 Å². The molecule has 1 aromatic carbocycles. The lowest BCUT2D eigenvalue weighted by Gasteiger charge is -2.09. The first-order valence-corrected chi connectivity index (χ1v) is 7.20. The van der Waals surface area contributed by atoms with E-state index in [4.69, 9.17) is 11.6 Å². The van der Waals surface area contributed by atoms with E-state index in [0.717, 1.165) is 27.3 Å². The molecule has 0 aliphatic rings. The highest BCUT2D eigenvalue weighted by Crippen LogP contribution is 2.36. The minimum Gasteiger partial charge on any atom is -0.313 e. The molecule has 1 heterocycles. The number of hydrogen-bond acceptors (Lipinski definition) is 5. The summed E-state index contributed by atoms with van der Waals surface area (Å²) in [6.07, 6.45) is 1.56. The van der Waals surface area contributed by atoms with E-state index in [1.807, 2.05) is 12.1 Å². The molecule has 0 unspecified atom stereocenters. The summed E-state index contributed by atoms with van der Waals surface area (Å²) in [4.78, 5) is 5.23. The second-order valence-electron chi connectivity index (χ2n) is 3.32. The van der Waals surface area contributed by atoms with Gasteiger partial charge in [0.25, 0.3) is 0 Å². The Bertz CT molecular complexity index is 474. The molecule has 0 bridgehead atoms. The van der Waals surface area contributed by atoms with E-state index in [0.29, 0.717) is 0 Å². The van der Waals surface area contributed by atoms with Gasteiger partial charge in [0, 0.05) is 11.4 Å². The van der Waals surface area contributed by atoms with Crippen LogP contribution in [-0.2, 0) is 6.54 Å². The Morgan fingerprint density at radius 2 is 2.35 bits per heavy atom. The summed E-state index contributed by atoms with van der Waals surface area (Å²) >= 11 is 9.19. The normalized spacial score (nSPS) is 10.7. The molecular formula is C11H12ClN3S2. The lowest BCUT2D eigenvalue weighted by atomic mass is 10.2. The summed E-state index contributed by atoms with van der Waals surface area (Å²) in [6, 6.07) is 5.96. The molecular weight excluding hydrogens is 274 g/mol. The smallest absolute Gasteiger partial charge is 0.174 e. The first-order valence-electron chi connectivity index (χ1n) is 5.24. The molecule has 0 spiro atoms. The van der Waals surface area contributed by atoms with Crippen molar-refractivity contribution in [1.82, 2.24) is 14.7 Å². The van der Waals surface area contributed by atoms with Gasteiger partial charge in [-0.15, -0.1) is 0 Å². The lowest BCUT2D eigenvalue weighted by Crippen LogP contribution is -2.12. The van der Waals surface area contributed by atoms with Crippen molar-refractivity contribution in [2.24, 2.45) is 0 Å². The predicted octanol–water partition coefficient (Wildman–Crippen LogP) is 3.45. The summed E-state index contributed by atoms with van der Waals surface area (Å²) in [5.74, 6) is 0. The monoisotopic (exact) mass is 285 g/mol. The summed E-state index contributed by atoms with van der Waals surface area (Å²) in [5, 5.41) is 4.07. The molecule has 17 heavy (non-hydrogen) atoms. The standard InChI is InChI=1S/C11H12ClN3S2/c1-2-13-6-8-4-3-5-9(12)10(8)16-11-14-7-15-17-11/h3-5,7,13H,2,6H2,1H3. The fraction of sp³-hybridized carbons (Fsp3) is 0.273. The van der Waals surface area contributed by atoms with E-state index < -0.39 is 0 Å². The molecule has 1 N–H and O–H groups in total. The summed E-state index contributed by atoms with van der Waals surface area (Å²) in [7, 11) is 0. The van der Waals surface area contributed by atoms with Gasteiger partial charge < -0.3 is 5.32 Å². The van der Waals surface area contributed by atoms with Gasteiger partial charge in [0.15, 0.2) is 4.34 Å². The Balaban J connectivity index is 2.24. The van der Waals surface area contributed by atoms with Gasteiger partial charge in [-0.3, -0.25) is 0 Å². The molecule has 0 radical (unpaired) electrons. The van der Waals surface area contributed by atoms with Crippen molar-refractivity contribution in [3.05, 3.63) is 35.1 Å². The van der Waals surface area contributed by atoms with Crippen molar-refractivity contribution >= 4 is 34.9 Å². The van der Waals surface area contributed by atoms with Crippen LogP contribution >= 0.6 is 34.9 Å². The predicted molar refractivity (Wildman–Crippen MR) is 72.9 cm³/mol. The second kappa shape index (κ2) is 6.35. The van der Waals surface area contributed by atoms with E-state index >= 15 is 0 Å². The Hall–Kier alpha value is -0.620. The third kappa shape index (κ3) is 3.42. The zero-order valence-corrected chi connectivity index (χ0v) is 11.7. The van der Waals surface area contributed by atoms with Crippen LogP contribution < -0.4 is 5.32 Å². The van der Waals surface area contributed by atoms with Crippen molar-refractivity contribution < 1.29 is 0 Å². The number of rotatable bonds is 5. The van der Waals surface area contributed by atoms with Crippen LogP contribution in [0.3, 0.4) is 0 Å². The largest absolute Gasteiger partial charge is 0.313 e. The van der Waals surface area contributed by atoms with Crippen LogP contribution in [0.5, 0.6) is 0 Å². The highest BCUT2D eigenvalue weighted by atomic mass is 35.5.